The molecule has 0 saturated carbocycles. The van der Waals surface area contributed by atoms with Crippen LogP contribution >= 0.6 is 15.6 Å². The van der Waals surface area contributed by atoms with Crippen LogP contribution in [0.4, 0.5) is 4.39 Å². The number of aromatic nitrogens is 2. The van der Waals surface area contributed by atoms with Crippen molar-refractivity contribution in [3.8, 4) is 0 Å². The maximum absolute atomic E-state index is 14.7. The van der Waals surface area contributed by atoms with Crippen molar-refractivity contribution in [3.05, 3.63) is 33.1 Å². The number of hydrogen-bond donors (Lipinski definition) is 5. The number of aliphatic hydroxyl groups excluding tert-OH is 1. The van der Waals surface area contributed by atoms with E-state index in [1.54, 1.807) is 0 Å². The first-order valence-corrected chi connectivity index (χ1v) is 10.9. The number of H-pyrrole nitrogens is 1. The van der Waals surface area contributed by atoms with Crippen molar-refractivity contribution < 1.29 is 51.6 Å². The van der Waals surface area contributed by atoms with Gasteiger partial charge in [0, 0.05) is 12.3 Å². The number of halogens is 1. The summed E-state index contributed by atoms with van der Waals surface area (Å²) in [6.07, 6.45) is -6.22. The molecule has 1 aromatic rings. The predicted octanol–water partition coefficient (Wildman–Crippen LogP) is -0.888. The minimum atomic E-state index is -5.43. The van der Waals surface area contributed by atoms with Crippen molar-refractivity contribution in [1.29, 1.82) is 0 Å². The van der Waals surface area contributed by atoms with Crippen molar-refractivity contribution in [2.75, 3.05) is 6.61 Å². The van der Waals surface area contributed by atoms with Gasteiger partial charge in [0.05, 0.1) is 6.10 Å². The lowest BCUT2D eigenvalue weighted by molar-refractivity contribution is -0.292. The van der Waals surface area contributed by atoms with Gasteiger partial charge in [0.15, 0.2) is 12.4 Å². The number of ether oxygens (including phenoxy) is 2. The first-order valence-electron chi connectivity index (χ1n) is 7.89. The number of phosphoric acid groups is 2. The largest absolute Gasteiger partial charge is 0.481 e. The van der Waals surface area contributed by atoms with Crippen LogP contribution < -0.4 is 11.2 Å². The highest BCUT2D eigenvalue weighted by Crippen LogP contribution is 2.58. The summed E-state index contributed by atoms with van der Waals surface area (Å²) in [5.74, 6) is -2.47. The Bertz CT molecular complexity index is 943. The second-order valence-electron chi connectivity index (χ2n) is 6.21. The van der Waals surface area contributed by atoms with Crippen LogP contribution in [0.5, 0.6) is 0 Å². The van der Waals surface area contributed by atoms with E-state index in [4.69, 9.17) is 19.3 Å². The summed E-state index contributed by atoms with van der Waals surface area (Å²) in [4.78, 5) is 51.6. The maximum Gasteiger partial charge on any atom is 0.481 e. The number of hydrogen-bond acceptors (Lipinski definition) is 9. The van der Waals surface area contributed by atoms with E-state index in [-0.39, 0.29) is 0 Å². The van der Waals surface area contributed by atoms with Crippen molar-refractivity contribution >= 4 is 15.6 Å². The van der Waals surface area contributed by atoms with Crippen LogP contribution in [0.25, 0.3) is 0 Å². The number of nitrogens with zero attached hydrogens (tertiary/aromatic N) is 1. The molecule has 0 aliphatic carbocycles. The molecule has 17 heteroatoms. The Kier molecular flexibility index (Phi) is 7.02. The Balaban J connectivity index is 2.35. The van der Waals surface area contributed by atoms with E-state index in [0.29, 0.717) is 4.57 Å². The summed E-state index contributed by atoms with van der Waals surface area (Å²) < 4.78 is 56.4. The van der Waals surface area contributed by atoms with E-state index in [0.717, 1.165) is 12.3 Å². The van der Waals surface area contributed by atoms with Gasteiger partial charge in [-0.1, -0.05) is 0 Å². The van der Waals surface area contributed by atoms with Crippen LogP contribution in [-0.2, 0) is 27.4 Å². The minimum Gasteiger partial charge on any atom is -0.384 e. The molecule has 1 saturated heterocycles. The average Bonchev–Trinajstić information content (AvgIpc) is 2.76. The molecule has 5 N–H and O–H groups in total. The van der Waals surface area contributed by atoms with E-state index in [2.05, 4.69) is 8.83 Å². The minimum absolute atomic E-state index is 0.603. The molecule has 29 heavy (non-hydrogen) atoms. The van der Waals surface area contributed by atoms with Crippen LogP contribution in [0, 0.1) is 0 Å². The maximum atomic E-state index is 14.7. The van der Waals surface area contributed by atoms with Gasteiger partial charge in [-0.3, -0.25) is 18.9 Å². The monoisotopic (exact) mass is 464 g/mol. The Labute approximate surface area is 161 Å². The number of alkyl halides is 1. The van der Waals surface area contributed by atoms with Gasteiger partial charge in [0.1, 0.15) is 12.7 Å². The average molecular weight is 464 g/mol. The molecule has 166 valence electrons. The lowest BCUT2D eigenvalue weighted by atomic mass is 10.1. The van der Waals surface area contributed by atoms with Gasteiger partial charge in [-0.15, -0.1) is 0 Å². The van der Waals surface area contributed by atoms with Crippen LogP contribution in [0.1, 0.15) is 20.1 Å². The first-order chi connectivity index (χ1) is 13.2. The molecule has 0 spiro atoms. The summed E-state index contributed by atoms with van der Waals surface area (Å²) in [7, 11) is -10.8. The van der Waals surface area contributed by atoms with Crippen LogP contribution in [-0.4, -0.2) is 60.1 Å². The first kappa shape index (κ1) is 24.0. The van der Waals surface area contributed by atoms with E-state index in [1.165, 1.54) is 13.8 Å². The highest BCUT2D eigenvalue weighted by Gasteiger charge is 2.59. The van der Waals surface area contributed by atoms with Gasteiger partial charge in [-0.25, -0.2) is 18.3 Å². The fraction of sp³-hybridized carbons (Fsp3) is 0.667. The number of phosphoric ester groups is 1. The third kappa shape index (κ3) is 5.89. The molecule has 1 aromatic heterocycles. The van der Waals surface area contributed by atoms with E-state index in [1.807, 2.05) is 4.98 Å². The molecule has 0 aromatic carbocycles. The summed E-state index contributed by atoms with van der Waals surface area (Å²) in [5, 5.41) is 10.3. The quantitative estimate of drug-likeness (QED) is 0.297. The molecule has 2 heterocycles. The topological polar surface area (TPSA) is 207 Å². The molecule has 0 radical (unpaired) electrons. The second kappa shape index (κ2) is 8.47. The van der Waals surface area contributed by atoms with Crippen molar-refractivity contribution in [2.45, 2.75) is 44.2 Å². The molecular weight excluding hydrogens is 445 g/mol. The zero-order valence-electron chi connectivity index (χ0n) is 14.9. The fourth-order valence-electron chi connectivity index (χ4n) is 2.55. The molecule has 0 bridgehead atoms. The summed E-state index contributed by atoms with van der Waals surface area (Å²) in [5.41, 5.74) is -1.85. The lowest BCUT2D eigenvalue weighted by Gasteiger charge is -2.33. The molecule has 2 rings (SSSR count). The Morgan fingerprint density at radius 2 is 1.97 bits per heavy atom. The Morgan fingerprint density at radius 3 is 2.48 bits per heavy atom. The number of aliphatic hydroxyl groups is 1. The Hall–Kier alpha value is -1.25. The molecule has 0 amide bonds. The standard InChI is InChI=1S/C12H19FN2O12P2/c1-6(2)25-12(5-24-29(22,23)27-28(19,20)21)9(17)8(13)10(26-12)15-4-3-7(16)14-11(15)18/h3-4,6,8-10,17H,5H2,1-2H3,(H,22,23)(H,14,16,18)(H2,19,20,21)/t8-,9+,10-,12-/m1/s1. The summed E-state index contributed by atoms with van der Waals surface area (Å²) in [6.45, 7) is 1.67. The lowest BCUT2D eigenvalue weighted by Crippen LogP contribution is -2.49. The molecule has 14 nitrogen and oxygen atoms in total. The third-order valence-electron chi connectivity index (χ3n) is 3.54. The third-order valence-corrected chi connectivity index (χ3v) is 5.68. The van der Waals surface area contributed by atoms with Gasteiger partial charge in [-0.05, 0) is 13.8 Å². The van der Waals surface area contributed by atoms with Crippen LogP contribution in [0.2, 0.25) is 0 Å². The molecule has 1 unspecified atom stereocenters. The van der Waals surface area contributed by atoms with Crippen molar-refractivity contribution in [3.63, 3.8) is 0 Å². The highest BCUT2D eigenvalue weighted by molar-refractivity contribution is 7.60. The summed E-state index contributed by atoms with van der Waals surface area (Å²) in [6, 6.07) is 0.888. The molecule has 5 atom stereocenters. The molecular formula is C12H19FN2O12P2. The van der Waals surface area contributed by atoms with E-state index >= 15 is 0 Å². The highest BCUT2D eigenvalue weighted by atomic mass is 31.3. The second-order valence-corrected chi connectivity index (χ2v) is 9.04. The summed E-state index contributed by atoms with van der Waals surface area (Å²) >= 11 is 0. The van der Waals surface area contributed by atoms with Gasteiger partial charge < -0.3 is 29.3 Å². The van der Waals surface area contributed by atoms with Crippen molar-refractivity contribution in [1.82, 2.24) is 9.55 Å². The van der Waals surface area contributed by atoms with Gasteiger partial charge >= 0.3 is 21.3 Å². The SMILES string of the molecule is CC(C)O[C@]1(COP(=O)(O)OP(=O)(O)O)O[C@@H](n2ccc(=O)[nH]c2=O)[C@H](F)[C@@H]1O. The normalized spacial score (nSPS) is 29.9. The fourth-order valence-corrected chi connectivity index (χ4v) is 4.16. The van der Waals surface area contributed by atoms with Crippen LogP contribution in [0.3, 0.4) is 0 Å². The molecule has 1 fully saturated rings. The van der Waals surface area contributed by atoms with Gasteiger partial charge in [0.2, 0.25) is 5.79 Å². The van der Waals surface area contributed by atoms with Crippen LogP contribution in [0.15, 0.2) is 21.9 Å². The van der Waals surface area contributed by atoms with E-state index < -0.39 is 63.9 Å². The zero-order chi connectivity index (χ0) is 22.2. The molecule has 1 aliphatic heterocycles. The Morgan fingerprint density at radius 1 is 1.34 bits per heavy atom. The van der Waals surface area contributed by atoms with Gasteiger partial charge in [-0.2, -0.15) is 4.31 Å². The van der Waals surface area contributed by atoms with E-state index in [9.17, 15) is 33.1 Å². The smallest absolute Gasteiger partial charge is 0.384 e. The molecule has 1 aliphatic rings. The predicted molar refractivity (Wildman–Crippen MR) is 90.2 cm³/mol. The zero-order valence-corrected chi connectivity index (χ0v) is 16.7. The number of aromatic amines is 1. The van der Waals surface area contributed by atoms with Crippen molar-refractivity contribution in [2.24, 2.45) is 0 Å². The number of rotatable bonds is 8. The number of nitrogens with one attached hydrogen (secondary N) is 1. The van der Waals surface area contributed by atoms with Gasteiger partial charge in [0.25, 0.3) is 5.56 Å².